The third-order valence-corrected chi connectivity index (χ3v) is 7.28. The van der Waals surface area contributed by atoms with E-state index in [9.17, 15) is 18.0 Å². The summed E-state index contributed by atoms with van der Waals surface area (Å²) in [5.41, 5.74) is 0.459. The molecule has 0 radical (unpaired) electrons. The molecular formula is C25H21ClF3N5OS2. The quantitative estimate of drug-likeness (QED) is 0.231. The predicted octanol–water partition coefficient (Wildman–Crippen LogP) is 6.60. The number of thioether (sulfide) groups is 2. The Kier molecular flexibility index (Phi) is 8.78. The summed E-state index contributed by atoms with van der Waals surface area (Å²) in [6.07, 6.45) is -2.76. The summed E-state index contributed by atoms with van der Waals surface area (Å²) in [5.74, 6) is 0.667. The molecule has 4 rings (SSSR count). The van der Waals surface area contributed by atoms with Crippen LogP contribution in [0.5, 0.6) is 0 Å². The first-order valence-electron chi connectivity index (χ1n) is 11.0. The normalized spacial score (nSPS) is 12.4. The Morgan fingerprint density at radius 2 is 1.86 bits per heavy atom. The van der Waals surface area contributed by atoms with E-state index in [1.807, 2.05) is 18.2 Å². The van der Waals surface area contributed by atoms with E-state index in [-0.39, 0.29) is 17.4 Å². The van der Waals surface area contributed by atoms with Crippen LogP contribution in [0.25, 0.3) is 5.69 Å². The van der Waals surface area contributed by atoms with Crippen molar-refractivity contribution < 1.29 is 18.0 Å². The molecule has 0 aliphatic heterocycles. The number of halogens is 4. The molecule has 6 nitrogen and oxygen atoms in total. The highest BCUT2D eigenvalue weighted by molar-refractivity contribution is 7.99. The van der Waals surface area contributed by atoms with Crippen LogP contribution in [0.3, 0.4) is 0 Å². The van der Waals surface area contributed by atoms with Crippen molar-refractivity contribution in [2.24, 2.45) is 0 Å². The molecule has 1 atom stereocenters. The standard InChI is InChI=1S/C25H21ClF3N5OS2/c1-16(31-21(35)15-36-22-10-2-3-11-30-22)23-32-33-24(34(23)20-9-5-8-19(26)13-20)37-14-17-6-4-7-18(12-17)25(27,28)29/h2-13,16H,14-15H2,1H3,(H,31,35)/t16-/m1/s1. The number of benzene rings is 2. The molecular weight excluding hydrogens is 543 g/mol. The number of nitrogens with one attached hydrogen (secondary N) is 1. The molecule has 0 saturated carbocycles. The highest BCUT2D eigenvalue weighted by Crippen LogP contribution is 2.32. The molecule has 2 aromatic heterocycles. The Balaban J connectivity index is 1.54. The van der Waals surface area contributed by atoms with Gasteiger partial charge < -0.3 is 5.32 Å². The van der Waals surface area contributed by atoms with Gasteiger partial charge in [0.05, 0.1) is 28.1 Å². The summed E-state index contributed by atoms with van der Waals surface area (Å²) in [6, 6.07) is 17.2. The SMILES string of the molecule is C[C@@H](NC(=O)CSc1ccccn1)c1nnc(SCc2cccc(C(F)(F)F)c2)n1-c1cccc(Cl)c1. The summed E-state index contributed by atoms with van der Waals surface area (Å²) in [4.78, 5) is 16.8. The summed E-state index contributed by atoms with van der Waals surface area (Å²) in [6.45, 7) is 1.79. The van der Waals surface area contributed by atoms with Gasteiger partial charge in [0.25, 0.3) is 0 Å². The van der Waals surface area contributed by atoms with Crippen LogP contribution in [0.1, 0.15) is 29.9 Å². The molecule has 0 bridgehead atoms. The van der Waals surface area contributed by atoms with Crippen molar-refractivity contribution in [2.45, 2.75) is 35.1 Å². The minimum absolute atomic E-state index is 0.170. The van der Waals surface area contributed by atoms with Crippen molar-refractivity contribution in [1.29, 1.82) is 0 Å². The number of rotatable bonds is 9. The summed E-state index contributed by atoms with van der Waals surface area (Å²) >= 11 is 8.77. The van der Waals surface area contributed by atoms with Crippen molar-refractivity contribution in [3.63, 3.8) is 0 Å². The van der Waals surface area contributed by atoms with Gasteiger partial charge in [-0.3, -0.25) is 9.36 Å². The molecule has 0 saturated heterocycles. The van der Waals surface area contributed by atoms with E-state index in [1.54, 1.807) is 48.0 Å². The van der Waals surface area contributed by atoms with Gasteiger partial charge >= 0.3 is 6.18 Å². The van der Waals surface area contributed by atoms with Gasteiger partial charge in [0, 0.05) is 17.0 Å². The number of alkyl halides is 3. The second-order valence-corrected chi connectivity index (χ2v) is 10.3. The molecule has 0 spiro atoms. The van der Waals surface area contributed by atoms with Crippen LogP contribution in [0.4, 0.5) is 13.2 Å². The van der Waals surface area contributed by atoms with E-state index >= 15 is 0 Å². The van der Waals surface area contributed by atoms with Gasteiger partial charge in [0.1, 0.15) is 0 Å². The Morgan fingerprint density at radius 3 is 2.59 bits per heavy atom. The third-order valence-electron chi connectivity index (χ3n) is 5.10. The smallest absolute Gasteiger partial charge is 0.346 e. The summed E-state index contributed by atoms with van der Waals surface area (Å²) in [5, 5.41) is 13.2. The summed E-state index contributed by atoms with van der Waals surface area (Å²) < 4.78 is 41.1. The average molecular weight is 564 g/mol. The van der Waals surface area contributed by atoms with Crippen molar-refractivity contribution in [3.05, 3.63) is 94.9 Å². The molecule has 12 heteroatoms. The van der Waals surface area contributed by atoms with Crippen LogP contribution in [0, 0.1) is 0 Å². The van der Waals surface area contributed by atoms with E-state index in [0.29, 0.717) is 27.3 Å². The summed E-state index contributed by atoms with van der Waals surface area (Å²) in [7, 11) is 0. The first kappa shape index (κ1) is 27.0. The third kappa shape index (κ3) is 7.27. The first-order valence-corrected chi connectivity index (χ1v) is 13.4. The van der Waals surface area contributed by atoms with Gasteiger partial charge in [-0.25, -0.2) is 4.98 Å². The predicted molar refractivity (Wildman–Crippen MR) is 139 cm³/mol. The average Bonchev–Trinajstić information content (AvgIpc) is 3.31. The fraction of sp³-hybridized carbons (Fsp3) is 0.200. The Hall–Kier alpha value is -3.02. The van der Waals surface area contributed by atoms with Crippen molar-refractivity contribution in [1.82, 2.24) is 25.1 Å². The Bertz CT molecular complexity index is 1370. The van der Waals surface area contributed by atoms with Crippen LogP contribution >= 0.6 is 35.1 Å². The van der Waals surface area contributed by atoms with Gasteiger partial charge in [0.2, 0.25) is 5.91 Å². The van der Waals surface area contributed by atoms with Gasteiger partial charge in [-0.2, -0.15) is 13.2 Å². The fourth-order valence-corrected chi connectivity index (χ4v) is 5.18. The maximum Gasteiger partial charge on any atom is 0.416 e. The topological polar surface area (TPSA) is 72.7 Å². The van der Waals surface area contributed by atoms with Crippen molar-refractivity contribution >= 4 is 41.0 Å². The minimum atomic E-state index is -4.42. The number of carbonyl (C=O) groups excluding carboxylic acids is 1. The molecule has 2 heterocycles. The number of amides is 1. The lowest BCUT2D eigenvalue weighted by atomic mass is 10.1. The van der Waals surface area contributed by atoms with E-state index in [0.717, 1.165) is 17.2 Å². The maximum absolute atomic E-state index is 13.1. The van der Waals surface area contributed by atoms with E-state index in [2.05, 4.69) is 20.5 Å². The molecule has 0 aliphatic rings. The zero-order valence-corrected chi connectivity index (χ0v) is 21.8. The van der Waals surface area contributed by atoms with Crippen LogP contribution in [-0.4, -0.2) is 31.4 Å². The maximum atomic E-state index is 13.1. The van der Waals surface area contributed by atoms with Crippen LogP contribution in [-0.2, 0) is 16.7 Å². The number of aromatic nitrogens is 4. The van der Waals surface area contributed by atoms with E-state index in [4.69, 9.17) is 11.6 Å². The number of hydrogen-bond donors (Lipinski definition) is 1. The zero-order valence-electron chi connectivity index (χ0n) is 19.4. The second-order valence-electron chi connectivity index (χ2n) is 7.89. The van der Waals surface area contributed by atoms with Crippen molar-refractivity contribution in [3.8, 4) is 5.69 Å². The number of carbonyl (C=O) groups is 1. The number of hydrogen-bond acceptors (Lipinski definition) is 6. The van der Waals surface area contributed by atoms with Gasteiger partial charge in [-0.1, -0.05) is 65.5 Å². The molecule has 1 amide bonds. The van der Waals surface area contributed by atoms with E-state index in [1.165, 1.54) is 29.6 Å². The lowest BCUT2D eigenvalue weighted by molar-refractivity contribution is -0.137. The Morgan fingerprint density at radius 1 is 1.05 bits per heavy atom. The molecule has 2 aromatic carbocycles. The second kappa shape index (κ2) is 12.0. The molecule has 1 N–H and O–H groups in total. The van der Waals surface area contributed by atoms with Crippen LogP contribution in [0.15, 0.2) is 83.1 Å². The van der Waals surface area contributed by atoms with Gasteiger partial charge in [-0.05, 0) is 48.9 Å². The lowest BCUT2D eigenvalue weighted by Crippen LogP contribution is -2.30. The zero-order chi connectivity index (χ0) is 26.4. The molecule has 192 valence electrons. The fourth-order valence-electron chi connectivity index (χ4n) is 3.42. The largest absolute Gasteiger partial charge is 0.416 e. The van der Waals surface area contributed by atoms with Crippen LogP contribution in [0.2, 0.25) is 5.02 Å². The van der Waals surface area contributed by atoms with E-state index < -0.39 is 17.8 Å². The molecule has 4 aromatic rings. The molecule has 0 aliphatic carbocycles. The molecule has 0 unspecified atom stereocenters. The Labute approximate surface area is 225 Å². The van der Waals surface area contributed by atoms with Crippen LogP contribution < -0.4 is 5.32 Å². The first-order chi connectivity index (χ1) is 17.7. The monoisotopic (exact) mass is 563 g/mol. The highest BCUT2D eigenvalue weighted by atomic mass is 35.5. The minimum Gasteiger partial charge on any atom is -0.346 e. The van der Waals surface area contributed by atoms with Gasteiger partial charge in [-0.15, -0.1) is 10.2 Å². The molecule has 37 heavy (non-hydrogen) atoms. The number of nitrogens with zero attached hydrogens (tertiary/aromatic N) is 4. The highest BCUT2D eigenvalue weighted by Gasteiger charge is 2.30. The lowest BCUT2D eigenvalue weighted by Gasteiger charge is -2.16. The van der Waals surface area contributed by atoms with Crippen molar-refractivity contribution in [2.75, 3.05) is 5.75 Å². The molecule has 0 fully saturated rings. The van der Waals surface area contributed by atoms with Gasteiger partial charge in [0.15, 0.2) is 11.0 Å². The number of pyridine rings is 1.